The molecular formula is C18H28N2O. The van der Waals surface area contributed by atoms with E-state index in [1.165, 1.54) is 51.6 Å². The van der Waals surface area contributed by atoms with Crippen LogP contribution in [0.1, 0.15) is 44.9 Å². The second kappa shape index (κ2) is 7.17. The summed E-state index contributed by atoms with van der Waals surface area (Å²) in [4.78, 5) is 2.73. The zero-order valence-corrected chi connectivity index (χ0v) is 13.0. The van der Waals surface area contributed by atoms with Crippen LogP contribution in [0.3, 0.4) is 0 Å². The summed E-state index contributed by atoms with van der Waals surface area (Å²) in [6.45, 7) is 3.26. The summed E-state index contributed by atoms with van der Waals surface area (Å²) >= 11 is 0. The van der Waals surface area contributed by atoms with E-state index in [-0.39, 0.29) is 0 Å². The van der Waals surface area contributed by atoms with E-state index < -0.39 is 0 Å². The van der Waals surface area contributed by atoms with Crippen molar-refractivity contribution in [3.8, 4) is 5.75 Å². The monoisotopic (exact) mass is 288 g/mol. The van der Waals surface area contributed by atoms with E-state index in [2.05, 4.69) is 4.90 Å². The summed E-state index contributed by atoms with van der Waals surface area (Å²) in [6.07, 6.45) is 9.71. The van der Waals surface area contributed by atoms with Gasteiger partial charge in [0.2, 0.25) is 0 Å². The maximum atomic E-state index is 5.81. The minimum absolute atomic E-state index is 0.772. The summed E-state index contributed by atoms with van der Waals surface area (Å²) in [7, 11) is 0. The van der Waals surface area contributed by atoms with E-state index in [0.717, 1.165) is 36.4 Å². The lowest BCUT2D eigenvalue weighted by molar-refractivity contribution is 0.0568. The van der Waals surface area contributed by atoms with Gasteiger partial charge in [-0.25, -0.2) is 0 Å². The predicted octanol–water partition coefficient (Wildman–Crippen LogP) is 3.69. The molecule has 1 saturated heterocycles. The zero-order valence-electron chi connectivity index (χ0n) is 13.0. The van der Waals surface area contributed by atoms with Gasteiger partial charge in [0.1, 0.15) is 5.75 Å². The second-order valence-corrected chi connectivity index (χ2v) is 6.56. The summed E-state index contributed by atoms with van der Waals surface area (Å²) < 4.78 is 5.81. The number of ether oxygens (including phenoxy) is 1. The highest BCUT2D eigenvalue weighted by molar-refractivity contribution is 5.43. The van der Waals surface area contributed by atoms with E-state index >= 15 is 0 Å². The average Bonchev–Trinajstić information content (AvgIpc) is 2.52. The number of nitrogen functional groups attached to an aromatic ring is 1. The Labute approximate surface area is 128 Å². The smallest absolute Gasteiger partial charge is 0.121 e. The lowest BCUT2D eigenvalue weighted by atomic mass is 9.78. The molecule has 2 N–H and O–H groups in total. The number of fused-ring (bicyclic) bond motifs is 1. The Morgan fingerprint density at radius 2 is 2.00 bits per heavy atom. The van der Waals surface area contributed by atoms with Crippen LogP contribution in [0, 0.1) is 5.92 Å². The Kier molecular flexibility index (Phi) is 5.02. The topological polar surface area (TPSA) is 38.5 Å². The van der Waals surface area contributed by atoms with Crippen LogP contribution in [-0.2, 0) is 0 Å². The minimum Gasteiger partial charge on any atom is -0.493 e. The normalized spacial score (nSPS) is 26.3. The molecule has 116 valence electrons. The van der Waals surface area contributed by atoms with E-state index in [0.29, 0.717) is 0 Å². The quantitative estimate of drug-likeness (QED) is 0.663. The molecule has 2 aliphatic rings. The van der Waals surface area contributed by atoms with E-state index in [9.17, 15) is 0 Å². The third-order valence-corrected chi connectivity index (χ3v) is 5.07. The van der Waals surface area contributed by atoms with Gasteiger partial charge in [-0.1, -0.05) is 18.9 Å². The molecule has 1 aromatic carbocycles. The van der Waals surface area contributed by atoms with Gasteiger partial charge < -0.3 is 10.5 Å². The molecule has 21 heavy (non-hydrogen) atoms. The van der Waals surface area contributed by atoms with Crippen molar-refractivity contribution in [1.82, 2.24) is 4.90 Å². The fraction of sp³-hybridized carbons (Fsp3) is 0.667. The molecule has 0 unspecified atom stereocenters. The van der Waals surface area contributed by atoms with Crippen molar-refractivity contribution >= 4 is 5.69 Å². The molecule has 1 saturated carbocycles. The Balaban J connectivity index is 1.42. The number of benzene rings is 1. The first-order valence-corrected chi connectivity index (χ1v) is 8.55. The molecule has 3 heteroatoms. The molecule has 0 aromatic heterocycles. The van der Waals surface area contributed by atoms with Gasteiger partial charge in [-0.05, 0) is 56.7 Å². The van der Waals surface area contributed by atoms with Crippen LogP contribution in [0.25, 0.3) is 0 Å². The molecule has 1 aliphatic carbocycles. The second-order valence-electron chi connectivity index (χ2n) is 6.56. The molecule has 0 bridgehead atoms. The number of rotatable bonds is 5. The Morgan fingerprint density at radius 3 is 2.90 bits per heavy atom. The van der Waals surface area contributed by atoms with E-state index in [4.69, 9.17) is 10.5 Å². The number of likely N-dealkylation sites (tertiary alicyclic amines) is 1. The molecule has 1 heterocycles. The van der Waals surface area contributed by atoms with Gasteiger partial charge in [0.15, 0.2) is 0 Å². The zero-order chi connectivity index (χ0) is 14.5. The number of piperidine rings is 1. The molecule has 2 fully saturated rings. The number of hydrogen-bond donors (Lipinski definition) is 1. The van der Waals surface area contributed by atoms with Crippen molar-refractivity contribution in [2.24, 2.45) is 5.92 Å². The van der Waals surface area contributed by atoms with Crippen molar-refractivity contribution in [2.45, 2.75) is 51.0 Å². The first-order chi connectivity index (χ1) is 10.3. The van der Waals surface area contributed by atoms with Crippen LogP contribution >= 0.6 is 0 Å². The Bertz CT molecular complexity index is 447. The highest BCUT2D eigenvalue weighted by Crippen LogP contribution is 2.35. The van der Waals surface area contributed by atoms with Crippen LogP contribution < -0.4 is 10.5 Å². The molecule has 1 aromatic rings. The molecule has 0 amide bonds. The molecule has 0 spiro atoms. The van der Waals surface area contributed by atoms with Crippen LogP contribution in [0.2, 0.25) is 0 Å². The van der Waals surface area contributed by atoms with Gasteiger partial charge in [0.25, 0.3) is 0 Å². The van der Waals surface area contributed by atoms with Crippen molar-refractivity contribution in [2.75, 3.05) is 25.4 Å². The average molecular weight is 288 g/mol. The van der Waals surface area contributed by atoms with Crippen LogP contribution in [0.5, 0.6) is 5.75 Å². The Hall–Kier alpha value is -1.22. The number of hydrogen-bond acceptors (Lipinski definition) is 3. The lowest BCUT2D eigenvalue weighted by Gasteiger charge is -2.44. The lowest BCUT2D eigenvalue weighted by Crippen LogP contribution is -2.47. The van der Waals surface area contributed by atoms with Gasteiger partial charge in [0, 0.05) is 24.3 Å². The first kappa shape index (κ1) is 14.7. The fourth-order valence-electron chi connectivity index (χ4n) is 4.07. The third kappa shape index (κ3) is 3.91. The minimum atomic E-state index is 0.772. The molecule has 3 rings (SSSR count). The maximum Gasteiger partial charge on any atom is 0.121 e. The molecule has 2 atom stereocenters. The predicted molar refractivity (Wildman–Crippen MR) is 87.5 cm³/mol. The number of anilines is 1. The van der Waals surface area contributed by atoms with E-state index in [1.807, 2.05) is 24.3 Å². The third-order valence-electron chi connectivity index (χ3n) is 5.07. The highest BCUT2D eigenvalue weighted by atomic mass is 16.5. The van der Waals surface area contributed by atoms with Gasteiger partial charge >= 0.3 is 0 Å². The highest BCUT2D eigenvalue weighted by Gasteiger charge is 2.32. The van der Waals surface area contributed by atoms with Crippen molar-refractivity contribution in [1.29, 1.82) is 0 Å². The Morgan fingerprint density at radius 1 is 1.14 bits per heavy atom. The molecular weight excluding hydrogens is 260 g/mol. The van der Waals surface area contributed by atoms with Crippen molar-refractivity contribution in [3.63, 3.8) is 0 Å². The van der Waals surface area contributed by atoms with Crippen LogP contribution in [0.15, 0.2) is 24.3 Å². The number of nitrogens with zero attached hydrogens (tertiary/aromatic N) is 1. The SMILES string of the molecule is Nc1cccc(OCCCN2CCC[C@H]3CCCC[C@H]32)c1. The first-order valence-electron chi connectivity index (χ1n) is 8.55. The van der Waals surface area contributed by atoms with Crippen molar-refractivity contribution < 1.29 is 4.74 Å². The molecule has 1 aliphatic heterocycles. The number of nitrogens with two attached hydrogens (primary N) is 1. The van der Waals surface area contributed by atoms with Gasteiger partial charge in [-0.2, -0.15) is 0 Å². The largest absolute Gasteiger partial charge is 0.493 e. The molecule has 3 nitrogen and oxygen atoms in total. The van der Waals surface area contributed by atoms with E-state index in [1.54, 1.807) is 0 Å². The maximum absolute atomic E-state index is 5.81. The van der Waals surface area contributed by atoms with Crippen LogP contribution in [0.4, 0.5) is 5.69 Å². The van der Waals surface area contributed by atoms with Gasteiger partial charge in [-0.3, -0.25) is 4.90 Å². The van der Waals surface area contributed by atoms with Gasteiger partial charge in [0.05, 0.1) is 6.61 Å². The fourth-order valence-corrected chi connectivity index (χ4v) is 4.07. The standard InChI is InChI=1S/C18H28N2O/c19-16-8-3-9-17(14-16)21-13-5-12-20-11-4-7-15-6-1-2-10-18(15)20/h3,8-9,14-15,18H,1-2,4-7,10-13,19H2/t15-,18-/m1/s1. The van der Waals surface area contributed by atoms with Crippen molar-refractivity contribution in [3.05, 3.63) is 24.3 Å². The van der Waals surface area contributed by atoms with Crippen LogP contribution in [-0.4, -0.2) is 30.6 Å². The summed E-state index contributed by atoms with van der Waals surface area (Å²) in [5.74, 6) is 1.87. The molecule has 0 radical (unpaired) electrons. The van der Waals surface area contributed by atoms with Gasteiger partial charge in [-0.15, -0.1) is 0 Å². The summed E-state index contributed by atoms with van der Waals surface area (Å²) in [6, 6.07) is 8.58. The summed E-state index contributed by atoms with van der Waals surface area (Å²) in [5, 5.41) is 0. The summed E-state index contributed by atoms with van der Waals surface area (Å²) in [5.41, 5.74) is 6.54.